The van der Waals surface area contributed by atoms with Crippen LogP contribution in [-0.2, 0) is 9.53 Å². The summed E-state index contributed by atoms with van der Waals surface area (Å²) in [5, 5.41) is 0. The van der Waals surface area contributed by atoms with Crippen molar-refractivity contribution in [3.63, 3.8) is 0 Å². The van der Waals surface area contributed by atoms with Gasteiger partial charge in [-0.1, -0.05) is 48.9 Å². The van der Waals surface area contributed by atoms with Crippen LogP contribution in [0.15, 0.2) is 42.5 Å². The Morgan fingerprint density at radius 2 is 1.96 bits per heavy atom. The van der Waals surface area contributed by atoms with E-state index in [2.05, 4.69) is 61.2 Å². The van der Waals surface area contributed by atoms with Crippen LogP contribution in [0.1, 0.15) is 48.4 Å². The van der Waals surface area contributed by atoms with Gasteiger partial charge in [0.1, 0.15) is 0 Å². The van der Waals surface area contributed by atoms with Gasteiger partial charge in [0.15, 0.2) is 0 Å². The van der Waals surface area contributed by atoms with Crippen LogP contribution in [0.2, 0.25) is 0 Å². The third kappa shape index (κ3) is 2.95. The number of methoxy groups -OCH3 is 1. The summed E-state index contributed by atoms with van der Waals surface area (Å²) in [5.41, 5.74) is 6.83. The summed E-state index contributed by atoms with van der Waals surface area (Å²) in [4.78, 5) is 14.1. The van der Waals surface area contributed by atoms with Crippen molar-refractivity contribution >= 4 is 5.97 Å². The molecule has 4 rings (SSSR count). The smallest absolute Gasteiger partial charge is 0.306 e. The van der Waals surface area contributed by atoms with Gasteiger partial charge in [0.2, 0.25) is 0 Å². The molecule has 1 aliphatic carbocycles. The summed E-state index contributed by atoms with van der Waals surface area (Å²) >= 11 is 0. The topological polar surface area (TPSA) is 29.5 Å². The number of hydrogen-bond donors (Lipinski definition) is 0. The largest absolute Gasteiger partial charge is 0.469 e. The maximum Gasteiger partial charge on any atom is 0.306 e. The molecule has 3 atom stereocenters. The second-order valence-corrected chi connectivity index (χ2v) is 7.77. The third-order valence-electron chi connectivity index (χ3n) is 6.24. The Bertz CT molecular complexity index is 829. The second-order valence-electron chi connectivity index (χ2n) is 7.77. The van der Waals surface area contributed by atoms with Crippen molar-refractivity contribution in [2.24, 2.45) is 5.92 Å². The standard InChI is InChI=1S/C23H27NO2/c1-15-5-4-6-17(13-15)18-7-8-20-19-9-11-24(12-10-22(25)26-3)23(16(19)2)21(20)14-18/h4-8,13-14,16,19,23H,9-12H2,1-3H3/t16-,19?,23?/m0/s1. The van der Waals surface area contributed by atoms with Crippen molar-refractivity contribution < 1.29 is 9.53 Å². The van der Waals surface area contributed by atoms with Crippen molar-refractivity contribution in [2.45, 2.75) is 38.6 Å². The van der Waals surface area contributed by atoms with E-state index in [0.29, 0.717) is 24.3 Å². The summed E-state index contributed by atoms with van der Waals surface area (Å²) in [6, 6.07) is 16.1. The molecule has 0 aromatic heterocycles. The van der Waals surface area contributed by atoms with E-state index in [1.54, 1.807) is 0 Å². The Balaban J connectivity index is 1.67. The number of likely N-dealkylation sites (tertiary alicyclic amines) is 1. The number of piperidine rings is 1. The maximum absolute atomic E-state index is 11.6. The zero-order valence-corrected chi connectivity index (χ0v) is 15.9. The Kier molecular flexibility index (Phi) is 4.58. The van der Waals surface area contributed by atoms with E-state index < -0.39 is 0 Å². The summed E-state index contributed by atoms with van der Waals surface area (Å²) in [7, 11) is 1.47. The first-order valence-corrected chi connectivity index (χ1v) is 9.60. The molecule has 136 valence electrons. The fourth-order valence-corrected chi connectivity index (χ4v) is 4.94. The van der Waals surface area contributed by atoms with Gasteiger partial charge in [0.25, 0.3) is 0 Å². The van der Waals surface area contributed by atoms with Crippen LogP contribution in [0.5, 0.6) is 0 Å². The van der Waals surface area contributed by atoms with Crippen molar-refractivity contribution in [1.82, 2.24) is 4.90 Å². The van der Waals surface area contributed by atoms with Gasteiger partial charge in [-0.15, -0.1) is 0 Å². The highest BCUT2D eigenvalue weighted by Crippen LogP contribution is 2.53. The molecule has 1 heterocycles. The van der Waals surface area contributed by atoms with Crippen molar-refractivity contribution in [1.29, 1.82) is 0 Å². The van der Waals surface area contributed by atoms with E-state index >= 15 is 0 Å². The summed E-state index contributed by atoms with van der Waals surface area (Å²) in [6.45, 7) is 6.35. The Hall–Kier alpha value is -2.13. The Labute approximate surface area is 156 Å². The van der Waals surface area contributed by atoms with Crippen LogP contribution >= 0.6 is 0 Å². The normalized spacial score (nSPS) is 24.3. The first kappa shape index (κ1) is 17.3. The molecule has 2 bridgehead atoms. The van der Waals surface area contributed by atoms with E-state index in [0.717, 1.165) is 13.1 Å². The monoisotopic (exact) mass is 349 g/mol. The molecule has 2 unspecified atom stereocenters. The first-order valence-electron chi connectivity index (χ1n) is 9.60. The summed E-state index contributed by atoms with van der Waals surface area (Å²) < 4.78 is 4.84. The number of benzene rings is 2. The number of rotatable bonds is 4. The molecule has 2 aliphatic rings. The van der Waals surface area contributed by atoms with Gasteiger partial charge in [-0.25, -0.2) is 0 Å². The van der Waals surface area contributed by atoms with Crippen LogP contribution in [-0.4, -0.2) is 31.1 Å². The number of carbonyl (C=O) groups excluding carboxylic acids is 1. The molecule has 2 aromatic rings. The quantitative estimate of drug-likeness (QED) is 0.749. The maximum atomic E-state index is 11.6. The molecular formula is C23H27NO2. The molecule has 0 radical (unpaired) electrons. The van der Waals surface area contributed by atoms with Crippen LogP contribution in [0.4, 0.5) is 0 Å². The number of nitrogens with zero attached hydrogens (tertiary/aromatic N) is 1. The van der Waals surface area contributed by atoms with E-state index in [1.165, 1.54) is 41.3 Å². The minimum absolute atomic E-state index is 0.119. The average Bonchev–Trinajstić information content (AvgIpc) is 2.82. The van der Waals surface area contributed by atoms with E-state index in [1.807, 2.05) is 0 Å². The van der Waals surface area contributed by atoms with Crippen LogP contribution in [0.3, 0.4) is 0 Å². The molecule has 3 heteroatoms. The number of aryl methyl sites for hydroxylation is 1. The molecule has 3 nitrogen and oxygen atoms in total. The lowest BCUT2D eigenvalue weighted by molar-refractivity contribution is -0.141. The zero-order valence-electron chi connectivity index (χ0n) is 15.9. The number of carbonyl (C=O) groups is 1. The Morgan fingerprint density at radius 3 is 2.73 bits per heavy atom. The lowest BCUT2D eigenvalue weighted by Gasteiger charge is -2.38. The number of esters is 1. The predicted molar refractivity (Wildman–Crippen MR) is 104 cm³/mol. The van der Waals surface area contributed by atoms with E-state index in [-0.39, 0.29) is 5.97 Å². The molecule has 0 spiro atoms. The van der Waals surface area contributed by atoms with Gasteiger partial charge >= 0.3 is 5.97 Å². The Morgan fingerprint density at radius 1 is 1.15 bits per heavy atom. The molecular weight excluding hydrogens is 322 g/mol. The van der Waals surface area contributed by atoms with Crippen LogP contribution < -0.4 is 0 Å². The van der Waals surface area contributed by atoms with E-state index in [9.17, 15) is 4.79 Å². The lowest BCUT2D eigenvalue weighted by Crippen LogP contribution is -2.38. The highest BCUT2D eigenvalue weighted by Gasteiger charge is 2.44. The molecule has 26 heavy (non-hydrogen) atoms. The van der Waals surface area contributed by atoms with Crippen LogP contribution in [0, 0.1) is 12.8 Å². The summed E-state index contributed by atoms with van der Waals surface area (Å²) in [5.74, 6) is 1.13. The van der Waals surface area contributed by atoms with Crippen molar-refractivity contribution in [2.75, 3.05) is 20.2 Å². The highest BCUT2D eigenvalue weighted by molar-refractivity contribution is 5.69. The minimum atomic E-state index is -0.119. The molecule has 0 saturated carbocycles. The fraction of sp³-hybridized carbons (Fsp3) is 0.435. The molecule has 1 aliphatic heterocycles. The van der Waals surface area contributed by atoms with Crippen molar-refractivity contribution in [3.05, 3.63) is 59.2 Å². The van der Waals surface area contributed by atoms with Gasteiger partial charge in [-0.2, -0.15) is 0 Å². The first-order chi connectivity index (χ1) is 12.6. The lowest BCUT2D eigenvalue weighted by atomic mass is 9.85. The molecule has 0 N–H and O–H groups in total. The van der Waals surface area contributed by atoms with Crippen molar-refractivity contribution in [3.8, 4) is 11.1 Å². The second kappa shape index (κ2) is 6.88. The number of ether oxygens (including phenoxy) is 1. The SMILES string of the molecule is COC(=O)CCN1CCC2c3ccc(-c4cccc(C)c4)cc3C1[C@H]2C. The average molecular weight is 349 g/mol. The van der Waals surface area contributed by atoms with Gasteiger partial charge in [0.05, 0.1) is 13.5 Å². The van der Waals surface area contributed by atoms with Gasteiger partial charge in [-0.05, 0) is 60.0 Å². The molecule has 1 fully saturated rings. The predicted octanol–water partition coefficient (Wildman–Crippen LogP) is 4.71. The number of hydrogen-bond acceptors (Lipinski definition) is 3. The van der Waals surface area contributed by atoms with E-state index in [4.69, 9.17) is 4.74 Å². The van der Waals surface area contributed by atoms with Gasteiger partial charge in [-0.3, -0.25) is 9.69 Å². The summed E-state index contributed by atoms with van der Waals surface area (Å²) in [6.07, 6.45) is 1.65. The number of fused-ring (bicyclic) bond motifs is 5. The third-order valence-corrected chi connectivity index (χ3v) is 6.24. The zero-order chi connectivity index (χ0) is 18.3. The minimum Gasteiger partial charge on any atom is -0.469 e. The molecule has 0 amide bonds. The van der Waals surface area contributed by atoms with Crippen LogP contribution in [0.25, 0.3) is 11.1 Å². The highest BCUT2D eigenvalue weighted by atomic mass is 16.5. The van der Waals surface area contributed by atoms with Gasteiger partial charge in [0, 0.05) is 12.6 Å². The molecule has 1 saturated heterocycles. The molecule has 2 aromatic carbocycles. The fourth-order valence-electron chi connectivity index (χ4n) is 4.94. The van der Waals surface area contributed by atoms with Gasteiger partial charge < -0.3 is 4.74 Å².